The third-order valence-electron chi connectivity index (χ3n) is 3.22. The fraction of sp³-hybridized carbons (Fsp3) is 0.250. The number of ether oxygens (including phenoxy) is 2. The van der Waals surface area contributed by atoms with E-state index in [4.69, 9.17) is 14.6 Å². The number of carboxylic acids is 1. The SMILES string of the molecule is COc1ccc(C(=O)N[C@@H](CC(=O)O)c2cccs2)cc1OC. The minimum absolute atomic E-state index is 0.181. The van der Waals surface area contributed by atoms with E-state index in [0.717, 1.165) is 4.88 Å². The zero-order valence-electron chi connectivity index (χ0n) is 12.7. The minimum atomic E-state index is -0.976. The van der Waals surface area contributed by atoms with Crippen LogP contribution in [0.15, 0.2) is 35.7 Å². The smallest absolute Gasteiger partial charge is 0.305 e. The molecule has 1 aromatic heterocycles. The number of aliphatic carboxylic acids is 1. The van der Waals surface area contributed by atoms with Gasteiger partial charge in [0.25, 0.3) is 5.91 Å². The number of benzene rings is 1. The molecule has 7 heteroatoms. The Labute approximate surface area is 137 Å². The molecule has 0 aliphatic heterocycles. The van der Waals surface area contributed by atoms with Gasteiger partial charge >= 0.3 is 5.97 Å². The van der Waals surface area contributed by atoms with Gasteiger partial charge in [0.2, 0.25) is 0 Å². The van der Waals surface area contributed by atoms with Gasteiger partial charge in [-0.2, -0.15) is 0 Å². The molecule has 1 atom stereocenters. The number of hydrogen-bond acceptors (Lipinski definition) is 5. The highest BCUT2D eigenvalue weighted by atomic mass is 32.1. The Balaban J connectivity index is 2.20. The van der Waals surface area contributed by atoms with E-state index in [1.54, 1.807) is 24.3 Å². The molecule has 6 nitrogen and oxygen atoms in total. The summed E-state index contributed by atoms with van der Waals surface area (Å²) in [6.45, 7) is 0. The van der Waals surface area contributed by atoms with Crippen LogP contribution >= 0.6 is 11.3 Å². The average Bonchev–Trinajstić information content (AvgIpc) is 3.07. The van der Waals surface area contributed by atoms with Crippen LogP contribution in [0.3, 0.4) is 0 Å². The number of nitrogens with one attached hydrogen (secondary N) is 1. The third-order valence-corrected chi connectivity index (χ3v) is 4.20. The Morgan fingerprint density at radius 3 is 2.52 bits per heavy atom. The second-order valence-corrected chi connectivity index (χ2v) is 5.69. The summed E-state index contributed by atoms with van der Waals surface area (Å²) in [5.74, 6) is -0.392. The largest absolute Gasteiger partial charge is 0.493 e. The fourth-order valence-electron chi connectivity index (χ4n) is 2.11. The van der Waals surface area contributed by atoms with Crippen LogP contribution in [0, 0.1) is 0 Å². The highest BCUT2D eigenvalue weighted by Crippen LogP contribution is 2.28. The van der Waals surface area contributed by atoms with Gasteiger partial charge in [0.1, 0.15) is 0 Å². The van der Waals surface area contributed by atoms with E-state index in [1.807, 2.05) is 11.4 Å². The topological polar surface area (TPSA) is 84.9 Å². The Morgan fingerprint density at radius 2 is 1.96 bits per heavy atom. The predicted octanol–water partition coefficient (Wildman–Crippen LogP) is 2.71. The van der Waals surface area contributed by atoms with Crippen molar-refractivity contribution in [2.24, 2.45) is 0 Å². The summed E-state index contributed by atoms with van der Waals surface area (Å²) in [7, 11) is 3.00. The molecule has 2 N–H and O–H groups in total. The normalized spacial score (nSPS) is 11.6. The van der Waals surface area contributed by atoms with Gasteiger partial charge in [0, 0.05) is 10.4 Å². The molecule has 23 heavy (non-hydrogen) atoms. The maximum atomic E-state index is 12.4. The van der Waals surface area contributed by atoms with Crippen molar-refractivity contribution in [3.8, 4) is 11.5 Å². The van der Waals surface area contributed by atoms with Gasteiger partial charge in [-0.1, -0.05) is 6.07 Å². The molecule has 0 aliphatic carbocycles. The molecule has 0 unspecified atom stereocenters. The second kappa shape index (κ2) is 7.64. The number of amides is 1. The first-order chi connectivity index (χ1) is 11.0. The van der Waals surface area contributed by atoms with Gasteiger partial charge < -0.3 is 19.9 Å². The van der Waals surface area contributed by atoms with Gasteiger partial charge in [0.15, 0.2) is 11.5 Å². The van der Waals surface area contributed by atoms with E-state index in [9.17, 15) is 9.59 Å². The number of carboxylic acid groups (broad SMARTS) is 1. The van der Waals surface area contributed by atoms with Crippen LogP contribution in [0.25, 0.3) is 0 Å². The summed E-state index contributed by atoms with van der Waals surface area (Å²) in [6, 6.07) is 7.83. The second-order valence-electron chi connectivity index (χ2n) is 4.71. The molecule has 1 heterocycles. The van der Waals surface area contributed by atoms with Crippen molar-refractivity contribution >= 4 is 23.2 Å². The molecule has 0 saturated carbocycles. The Morgan fingerprint density at radius 1 is 1.22 bits per heavy atom. The van der Waals surface area contributed by atoms with E-state index < -0.39 is 12.0 Å². The van der Waals surface area contributed by atoms with E-state index in [0.29, 0.717) is 17.1 Å². The summed E-state index contributed by atoms with van der Waals surface area (Å²) in [6.07, 6.45) is -0.181. The highest BCUT2D eigenvalue weighted by molar-refractivity contribution is 7.10. The van der Waals surface area contributed by atoms with Crippen molar-refractivity contribution in [2.75, 3.05) is 14.2 Å². The first-order valence-corrected chi connectivity index (χ1v) is 7.71. The maximum absolute atomic E-state index is 12.4. The first-order valence-electron chi connectivity index (χ1n) is 6.83. The van der Waals surface area contributed by atoms with Crippen LogP contribution in [0.1, 0.15) is 27.7 Å². The summed E-state index contributed by atoms with van der Waals surface area (Å²) < 4.78 is 10.3. The Hall–Kier alpha value is -2.54. The van der Waals surface area contributed by atoms with Crippen LogP contribution in [0.4, 0.5) is 0 Å². The number of hydrogen-bond donors (Lipinski definition) is 2. The van der Waals surface area contributed by atoms with Crippen LogP contribution in [-0.2, 0) is 4.79 Å². The lowest BCUT2D eigenvalue weighted by Gasteiger charge is -2.16. The molecule has 2 rings (SSSR count). The average molecular weight is 335 g/mol. The van der Waals surface area contributed by atoms with Gasteiger partial charge in [0.05, 0.1) is 26.7 Å². The molecule has 0 aliphatic rings. The molecule has 0 spiro atoms. The lowest BCUT2D eigenvalue weighted by Crippen LogP contribution is -2.29. The minimum Gasteiger partial charge on any atom is -0.493 e. The molecule has 0 saturated heterocycles. The molecule has 122 valence electrons. The molecular formula is C16H17NO5S. The molecular weight excluding hydrogens is 318 g/mol. The van der Waals surface area contributed by atoms with Crippen LogP contribution in [0.2, 0.25) is 0 Å². The summed E-state index contributed by atoms with van der Waals surface area (Å²) in [4.78, 5) is 24.2. The van der Waals surface area contributed by atoms with Crippen LogP contribution < -0.4 is 14.8 Å². The van der Waals surface area contributed by atoms with E-state index in [-0.39, 0.29) is 12.3 Å². The summed E-state index contributed by atoms with van der Waals surface area (Å²) in [5, 5.41) is 13.6. The Kier molecular flexibility index (Phi) is 5.59. The first kappa shape index (κ1) is 16.8. The molecule has 0 radical (unpaired) electrons. The van der Waals surface area contributed by atoms with Crippen molar-refractivity contribution < 1.29 is 24.2 Å². The zero-order chi connectivity index (χ0) is 16.8. The maximum Gasteiger partial charge on any atom is 0.305 e. The number of carbonyl (C=O) groups excluding carboxylic acids is 1. The molecule has 0 fully saturated rings. The van der Waals surface area contributed by atoms with Crippen molar-refractivity contribution in [1.82, 2.24) is 5.32 Å². The fourth-order valence-corrected chi connectivity index (χ4v) is 2.88. The van der Waals surface area contributed by atoms with E-state index in [1.165, 1.54) is 25.6 Å². The van der Waals surface area contributed by atoms with Gasteiger partial charge in [-0.25, -0.2) is 0 Å². The van der Waals surface area contributed by atoms with Crippen molar-refractivity contribution in [1.29, 1.82) is 0 Å². The third kappa shape index (κ3) is 4.23. The van der Waals surface area contributed by atoms with Crippen molar-refractivity contribution in [2.45, 2.75) is 12.5 Å². The van der Waals surface area contributed by atoms with Crippen LogP contribution in [0.5, 0.6) is 11.5 Å². The highest BCUT2D eigenvalue weighted by Gasteiger charge is 2.20. The molecule has 0 bridgehead atoms. The summed E-state index contributed by atoms with van der Waals surface area (Å²) in [5.41, 5.74) is 0.370. The zero-order valence-corrected chi connectivity index (χ0v) is 13.6. The van der Waals surface area contributed by atoms with Gasteiger partial charge in [-0.15, -0.1) is 11.3 Å². The number of rotatable bonds is 7. The molecule has 1 aromatic carbocycles. The van der Waals surface area contributed by atoms with Gasteiger partial charge in [-0.3, -0.25) is 9.59 Å². The van der Waals surface area contributed by atoms with Gasteiger partial charge in [-0.05, 0) is 29.6 Å². The van der Waals surface area contributed by atoms with Crippen molar-refractivity contribution in [3.05, 3.63) is 46.2 Å². The Bertz CT molecular complexity index is 684. The number of methoxy groups -OCH3 is 2. The van der Waals surface area contributed by atoms with E-state index >= 15 is 0 Å². The quantitative estimate of drug-likeness (QED) is 0.813. The lowest BCUT2D eigenvalue weighted by atomic mass is 10.1. The number of thiophene rings is 1. The molecule has 1 amide bonds. The van der Waals surface area contributed by atoms with Crippen LogP contribution in [-0.4, -0.2) is 31.2 Å². The monoisotopic (exact) mass is 335 g/mol. The standard InChI is InChI=1S/C16H17NO5S/c1-21-12-6-5-10(8-13(12)22-2)16(20)17-11(9-15(18)19)14-4-3-7-23-14/h3-8,11H,9H2,1-2H3,(H,17,20)(H,18,19)/t11-/m0/s1. The predicted molar refractivity (Wildman–Crippen MR) is 86.3 cm³/mol. The van der Waals surface area contributed by atoms with Crippen molar-refractivity contribution in [3.63, 3.8) is 0 Å². The van der Waals surface area contributed by atoms with E-state index in [2.05, 4.69) is 5.32 Å². The lowest BCUT2D eigenvalue weighted by molar-refractivity contribution is -0.137. The molecule has 2 aromatic rings. The summed E-state index contributed by atoms with van der Waals surface area (Å²) >= 11 is 1.40. The number of carbonyl (C=O) groups is 2.